The van der Waals surface area contributed by atoms with Gasteiger partial charge in [0.05, 0.1) is 23.9 Å². The molecule has 2 aromatic heterocycles. The number of thiazole rings is 1. The summed E-state index contributed by atoms with van der Waals surface area (Å²) < 4.78 is 0. The van der Waals surface area contributed by atoms with Crippen molar-refractivity contribution in [1.82, 2.24) is 20.3 Å². The van der Waals surface area contributed by atoms with Gasteiger partial charge in [0.1, 0.15) is 5.82 Å². The Morgan fingerprint density at radius 1 is 1.38 bits per heavy atom. The van der Waals surface area contributed by atoms with Crippen LogP contribution in [0.2, 0.25) is 0 Å². The van der Waals surface area contributed by atoms with E-state index in [9.17, 15) is 4.79 Å². The van der Waals surface area contributed by atoms with Crippen LogP contribution in [0.1, 0.15) is 47.9 Å². The Morgan fingerprint density at radius 3 is 2.81 bits per heavy atom. The normalized spacial score (nSPS) is 10.7. The molecule has 0 aliphatic rings. The van der Waals surface area contributed by atoms with Gasteiger partial charge in [0.2, 0.25) is 0 Å². The molecule has 0 atom stereocenters. The van der Waals surface area contributed by atoms with E-state index in [1.165, 1.54) is 11.3 Å². The predicted molar refractivity (Wildman–Crippen MR) is 83.6 cm³/mol. The SMILES string of the molecule is CCNc1cnc(C(C)C)nc1C(=O)NCc1cncs1. The zero-order valence-corrected chi connectivity index (χ0v) is 13.2. The molecule has 1 amide bonds. The van der Waals surface area contributed by atoms with E-state index >= 15 is 0 Å². The van der Waals surface area contributed by atoms with Gasteiger partial charge in [0, 0.05) is 23.5 Å². The lowest BCUT2D eigenvalue weighted by Crippen LogP contribution is -2.25. The predicted octanol–water partition coefficient (Wildman–Crippen LogP) is 2.42. The molecule has 0 spiro atoms. The lowest BCUT2D eigenvalue weighted by molar-refractivity contribution is 0.0946. The molecule has 0 saturated carbocycles. The third kappa shape index (κ3) is 3.98. The van der Waals surface area contributed by atoms with Crippen molar-refractivity contribution in [2.24, 2.45) is 0 Å². The first-order valence-electron chi connectivity index (χ1n) is 6.88. The maximum atomic E-state index is 12.4. The Balaban J connectivity index is 2.18. The Bertz CT molecular complexity index is 597. The average Bonchev–Trinajstić information content (AvgIpc) is 2.98. The molecule has 0 fully saturated rings. The van der Waals surface area contributed by atoms with Crippen LogP contribution in [0.15, 0.2) is 17.9 Å². The summed E-state index contributed by atoms with van der Waals surface area (Å²) in [5.41, 5.74) is 2.79. The summed E-state index contributed by atoms with van der Waals surface area (Å²) in [7, 11) is 0. The molecule has 112 valence electrons. The summed E-state index contributed by atoms with van der Waals surface area (Å²) in [6, 6.07) is 0. The molecule has 2 aromatic rings. The molecule has 0 bridgehead atoms. The average molecular weight is 305 g/mol. The second-order valence-corrected chi connectivity index (χ2v) is 5.80. The molecular formula is C14H19N5OS. The number of carbonyl (C=O) groups excluding carboxylic acids is 1. The number of nitrogens with one attached hydrogen (secondary N) is 2. The first-order chi connectivity index (χ1) is 10.1. The highest BCUT2D eigenvalue weighted by atomic mass is 32.1. The molecule has 2 heterocycles. The minimum absolute atomic E-state index is 0.175. The molecule has 6 nitrogen and oxygen atoms in total. The van der Waals surface area contributed by atoms with Crippen LogP contribution in [0.25, 0.3) is 0 Å². The van der Waals surface area contributed by atoms with Crippen molar-refractivity contribution in [3.8, 4) is 0 Å². The van der Waals surface area contributed by atoms with Crippen molar-refractivity contribution < 1.29 is 4.79 Å². The highest BCUT2D eigenvalue weighted by molar-refractivity contribution is 7.09. The molecule has 0 aromatic carbocycles. The fraction of sp³-hybridized carbons (Fsp3) is 0.429. The van der Waals surface area contributed by atoms with Crippen LogP contribution in [-0.2, 0) is 6.54 Å². The summed E-state index contributed by atoms with van der Waals surface area (Å²) in [6.07, 6.45) is 3.42. The topological polar surface area (TPSA) is 79.8 Å². The van der Waals surface area contributed by atoms with Gasteiger partial charge in [0.25, 0.3) is 5.91 Å². The summed E-state index contributed by atoms with van der Waals surface area (Å²) in [5.74, 6) is 0.636. The van der Waals surface area contributed by atoms with Crippen molar-refractivity contribution in [3.05, 3.63) is 34.3 Å². The number of rotatable bonds is 6. The molecule has 2 N–H and O–H groups in total. The number of hydrogen-bond donors (Lipinski definition) is 2. The highest BCUT2D eigenvalue weighted by Crippen LogP contribution is 2.16. The van der Waals surface area contributed by atoms with Crippen LogP contribution < -0.4 is 10.6 Å². The van der Waals surface area contributed by atoms with Crippen molar-refractivity contribution in [2.75, 3.05) is 11.9 Å². The zero-order valence-electron chi connectivity index (χ0n) is 12.4. The maximum absolute atomic E-state index is 12.4. The third-order valence-electron chi connectivity index (χ3n) is 2.81. The molecule has 0 unspecified atom stereocenters. The molecule has 0 aliphatic heterocycles. The second-order valence-electron chi connectivity index (χ2n) is 4.83. The number of nitrogens with zero attached hydrogens (tertiary/aromatic N) is 3. The molecule has 21 heavy (non-hydrogen) atoms. The van der Waals surface area contributed by atoms with Gasteiger partial charge in [-0.15, -0.1) is 11.3 Å². The molecule has 2 rings (SSSR count). The van der Waals surface area contributed by atoms with Gasteiger partial charge in [-0.3, -0.25) is 9.78 Å². The van der Waals surface area contributed by atoms with Crippen LogP contribution in [0, 0.1) is 0 Å². The number of amides is 1. The van der Waals surface area contributed by atoms with Crippen molar-refractivity contribution >= 4 is 22.9 Å². The van der Waals surface area contributed by atoms with Crippen LogP contribution in [0.3, 0.4) is 0 Å². The summed E-state index contributed by atoms with van der Waals surface area (Å²) in [6.45, 7) is 7.13. The van der Waals surface area contributed by atoms with Crippen LogP contribution in [-0.4, -0.2) is 27.4 Å². The molecule has 7 heteroatoms. The van der Waals surface area contributed by atoms with Gasteiger partial charge in [-0.2, -0.15) is 0 Å². The second kappa shape index (κ2) is 7.12. The molecule has 0 saturated heterocycles. The standard InChI is InChI=1S/C14H19N5OS/c1-4-16-11-7-17-13(9(2)3)19-12(11)14(20)18-6-10-5-15-8-21-10/h5,7-9,16H,4,6H2,1-3H3,(H,18,20). The van der Waals surface area contributed by atoms with Crippen molar-refractivity contribution in [3.63, 3.8) is 0 Å². The van der Waals surface area contributed by atoms with E-state index in [-0.39, 0.29) is 11.8 Å². The van der Waals surface area contributed by atoms with E-state index in [2.05, 4.69) is 25.6 Å². The van der Waals surface area contributed by atoms with E-state index < -0.39 is 0 Å². The molecule has 0 radical (unpaired) electrons. The van der Waals surface area contributed by atoms with Crippen molar-refractivity contribution in [1.29, 1.82) is 0 Å². The van der Waals surface area contributed by atoms with Gasteiger partial charge in [-0.1, -0.05) is 13.8 Å². The van der Waals surface area contributed by atoms with Crippen LogP contribution >= 0.6 is 11.3 Å². The van der Waals surface area contributed by atoms with Crippen molar-refractivity contribution in [2.45, 2.75) is 33.2 Å². The fourth-order valence-corrected chi connectivity index (χ4v) is 2.28. The lowest BCUT2D eigenvalue weighted by atomic mass is 10.2. The smallest absolute Gasteiger partial charge is 0.272 e. The Morgan fingerprint density at radius 2 is 2.19 bits per heavy atom. The van der Waals surface area contributed by atoms with Gasteiger partial charge in [-0.05, 0) is 6.92 Å². The van der Waals surface area contributed by atoms with Crippen LogP contribution in [0.4, 0.5) is 5.69 Å². The van der Waals surface area contributed by atoms with E-state index in [0.717, 1.165) is 4.88 Å². The number of carbonyl (C=O) groups is 1. The zero-order chi connectivity index (χ0) is 15.2. The fourth-order valence-electron chi connectivity index (χ4n) is 1.75. The van der Waals surface area contributed by atoms with Gasteiger partial charge < -0.3 is 10.6 Å². The Kier molecular flexibility index (Phi) is 5.21. The van der Waals surface area contributed by atoms with E-state index in [0.29, 0.717) is 30.3 Å². The number of anilines is 1. The Labute approximate surface area is 128 Å². The van der Waals surface area contributed by atoms with E-state index in [4.69, 9.17) is 0 Å². The summed E-state index contributed by atoms with van der Waals surface area (Å²) in [5, 5.41) is 5.99. The first kappa shape index (κ1) is 15.4. The van der Waals surface area contributed by atoms with E-state index in [1.807, 2.05) is 20.8 Å². The Hall–Kier alpha value is -2.02. The summed E-state index contributed by atoms with van der Waals surface area (Å²) >= 11 is 1.51. The third-order valence-corrected chi connectivity index (χ3v) is 3.59. The quantitative estimate of drug-likeness (QED) is 0.856. The number of aromatic nitrogens is 3. The monoisotopic (exact) mass is 305 g/mol. The summed E-state index contributed by atoms with van der Waals surface area (Å²) in [4.78, 5) is 26.0. The van der Waals surface area contributed by atoms with Gasteiger partial charge in [0.15, 0.2) is 5.69 Å². The minimum Gasteiger partial charge on any atom is -0.382 e. The van der Waals surface area contributed by atoms with Gasteiger partial charge in [-0.25, -0.2) is 9.97 Å². The first-order valence-corrected chi connectivity index (χ1v) is 7.76. The van der Waals surface area contributed by atoms with Gasteiger partial charge >= 0.3 is 0 Å². The molecular weight excluding hydrogens is 286 g/mol. The lowest BCUT2D eigenvalue weighted by Gasteiger charge is -2.12. The minimum atomic E-state index is -0.205. The highest BCUT2D eigenvalue weighted by Gasteiger charge is 2.16. The molecule has 0 aliphatic carbocycles. The number of hydrogen-bond acceptors (Lipinski definition) is 6. The maximum Gasteiger partial charge on any atom is 0.272 e. The van der Waals surface area contributed by atoms with E-state index in [1.54, 1.807) is 17.9 Å². The van der Waals surface area contributed by atoms with Crippen LogP contribution in [0.5, 0.6) is 0 Å². The largest absolute Gasteiger partial charge is 0.382 e.